The summed E-state index contributed by atoms with van der Waals surface area (Å²) in [5, 5.41) is 17.3. The molecule has 1 atom stereocenters. The van der Waals surface area contributed by atoms with Crippen LogP contribution in [0.3, 0.4) is 0 Å². The van der Waals surface area contributed by atoms with Crippen LogP contribution in [0.5, 0.6) is 11.5 Å². The van der Waals surface area contributed by atoms with Gasteiger partial charge >= 0.3 is 0 Å². The lowest BCUT2D eigenvalue weighted by molar-refractivity contribution is -1.92. The summed E-state index contributed by atoms with van der Waals surface area (Å²) >= 11 is 0. The van der Waals surface area contributed by atoms with Gasteiger partial charge in [0.05, 0.1) is 26.5 Å². The lowest BCUT2D eigenvalue weighted by Crippen LogP contribution is -2.58. The molecule has 166 valence electrons. The molecule has 0 bridgehead atoms. The van der Waals surface area contributed by atoms with Gasteiger partial charge in [-0.3, -0.25) is 0 Å². The third-order valence-electron chi connectivity index (χ3n) is 4.75. The van der Waals surface area contributed by atoms with E-state index in [4.69, 9.17) is 28.4 Å². The Morgan fingerprint density at radius 3 is 2.52 bits per heavy atom. The van der Waals surface area contributed by atoms with E-state index >= 15 is 0 Å². The number of nitrogens with one attached hydrogen (secondary N) is 2. The number of likely N-dealkylation sites (N-methyl/N-ethyl adjacent to an activating group) is 1. The number of allylic oxidation sites excluding steroid dienone is 1. The van der Waals surface area contributed by atoms with Crippen molar-refractivity contribution in [2.24, 2.45) is 4.99 Å². The van der Waals surface area contributed by atoms with Crippen LogP contribution >= 0.6 is 0 Å². The Hall–Kier alpha value is -2.66. The summed E-state index contributed by atoms with van der Waals surface area (Å²) < 4.78 is 38.9. The Morgan fingerprint density at radius 1 is 1.16 bits per heavy atom. The maximum atomic E-state index is 10.5. The topological polar surface area (TPSA) is 155 Å². The SMILES string of the molecule is CCNc1cc2c(cc1C)N=C1C(=CC(NCC)c3cccc(O)c31)O2.[O-][Cl+3]([O-])([O-])O. The van der Waals surface area contributed by atoms with Gasteiger partial charge in [-0.1, -0.05) is 19.1 Å². The van der Waals surface area contributed by atoms with Crippen LogP contribution in [0, 0.1) is 17.2 Å². The van der Waals surface area contributed by atoms with Crippen molar-refractivity contribution in [3.05, 3.63) is 58.9 Å². The molecular formula is C21H24ClN3O6. The number of benzene rings is 2. The van der Waals surface area contributed by atoms with Crippen LogP contribution in [0.4, 0.5) is 11.4 Å². The second-order valence-corrected chi connectivity index (χ2v) is 7.72. The number of rotatable bonds is 4. The van der Waals surface area contributed by atoms with Crippen molar-refractivity contribution in [2.75, 3.05) is 18.4 Å². The first-order valence-electron chi connectivity index (χ1n) is 9.68. The highest BCUT2D eigenvalue weighted by Gasteiger charge is 2.32. The van der Waals surface area contributed by atoms with E-state index in [-0.39, 0.29) is 11.8 Å². The maximum absolute atomic E-state index is 10.5. The molecule has 4 rings (SSSR count). The quantitative estimate of drug-likeness (QED) is 0.511. The predicted molar refractivity (Wildman–Crippen MR) is 107 cm³/mol. The molecule has 2 aromatic rings. The summed E-state index contributed by atoms with van der Waals surface area (Å²) in [7, 11) is -4.69. The molecule has 9 nitrogen and oxygen atoms in total. The van der Waals surface area contributed by atoms with Gasteiger partial charge in [-0.05, 0) is 49.7 Å². The molecule has 2 aliphatic rings. The second-order valence-electron chi connectivity index (χ2n) is 6.93. The standard InChI is InChI=1S/C21H23N3O2.ClHO4/c1-4-22-14-10-18-16(9-12(14)3)24-21-19(26-18)11-15(23-5-2)13-7-6-8-17(25)20(13)21;2-1(3,4)5/h6-11,15,22-23,25H,4-5H2,1-3H3;(H,2,3,4,5). The zero-order valence-corrected chi connectivity index (χ0v) is 18.1. The molecule has 2 aromatic carbocycles. The van der Waals surface area contributed by atoms with Crippen molar-refractivity contribution < 1.29 is 38.7 Å². The minimum absolute atomic E-state index is 0.0173. The smallest absolute Gasteiger partial charge is 0.155 e. The molecular weight excluding hydrogens is 426 g/mol. The highest BCUT2D eigenvalue weighted by atomic mass is 35.7. The fourth-order valence-electron chi connectivity index (χ4n) is 3.56. The monoisotopic (exact) mass is 449 g/mol. The molecule has 0 spiro atoms. The number of hydrogen-bond acceptors (Lipinski definition) is 9. The number of fused-ring (bicyclic) bond motifs is 4. The van der Waals surface area contributed by atoms with E-state index in [0.717, 1.165) is 46.9 Å². The van der Waals surface area contributed by atoms with Crippen molar-refractivity contribution in [1.82, 2.24) is 5.32 Å². The summed E-state index contributed by atoms with van der Waals surface area (Å²) in [6.07, 6.45) is 2.04. The van der Waals surface area contributed by atoms with Crippen LogP contribution in [0.15, 0.2) is 47.2 Å². The molecule has 1 aliphatic carbocycles. The molecule has 0 saturated carbocycles. The summed E-state index contributed by atoms with van der Waals surface area (Å²) in [6.45, 7) is 7.85. The minimum atomic E-state index is -4.69. The molecule has 0 saturated heterocycles. The van der Waals surface area contributed by atoms with E-state index in [1.54, 1.807) is 6.07 Å². The van der Waals surface area contributed by atoms with Crippen molar-refractivity contribution in [3.63, 3.8) is 0 Å². The van der Waals surface area contributed by atoms with Crippen LogP contribution < -0.4 is 29.3 Å². The molecule has 0 fully saturated rings. The van der Waals surface area contributed by atoms with Crippen LogP contribution in [-0.4, -0.2) is 28.6 Å². The van der Waals surface area contributed by atoms with Crippen LogP contribution in [-0.2, 0) is 0 Å². The van der Waals surface area contributed by atoms with Crippen molar-refractivity contribution in [1.29, 1.82) is 0 Å². The Bertz CT molecular complexity index is 1030. The minimum Gasteiger partial charge on any atom is -0.507 e. The molecule has 4 N–H and O–H groups in total. The van der Waals surface area contributed by atoms with Crippen molar-refractivity contribution >= 4 is 17.1 Å². The first kappa shape index (κ1) is 23.0. The molecule has 0 aromatic heterocycles. The van der Waals surface area contributed by atoms with Crippen LogP contribution in [0.2, 0.25) is 0 Å². The number of aryl methyl sites for hydroxylation is 1. The zero-order valence-electron chi connectivity index (χ0n) is 17.3. The average Bonchev–Trinajstić information content (AvgIpc) is 2.67. The van der Waals surface area contributed by atoms with Gasteiger partial charge in [-0.2, -0.15) is 14.0 Å². The maximum Gasteiger partial charge on any atom is 0.155 e. The number of ether oxygens (including phenoxy) is 1. The Labute approximate surface area is 182 Å². The number of hydrogen-bond donors (Lipinski definition) is 4. The van der Waals surface area contributed by atoms with Gasteiger partial charge in [0.25, 0.3) is 0 Å². The molecule has 1 unspecified atom stereocenters. The van der Waals surface area contributed by atoms with E-state index < -0.39 is 10.2 Å². The Morgan fingerprint density at radius 2 is 1.87 bits per heavy atom. The Kier molecular flexibility index (Phi) is 6.85. The third-order valence-corrected chi connectivity index (χ3v) is 4.75. The summed E-state index contributed by atoms with van der Waals surface area (Å²) in [6, 6.07) is 9.58. The van der Waals surface area contributed by atoms with Crippen molar-refractivity contribution in [3.8, 4) is 11.5 Å². The zero-order chi connectivity index (χ0) is 22.8. The number of nitrogens with zero attached hydrogens (tertiary/aromatic N) is 1. The van der Waals surface area contributed by atoms with Crippen LogP contribution in [0.25, 0.3) is 0 Å². The lowest BCUT2D eigenvalue weighted by atomic mass is 9.88. The van der Waals surface area contributed by atoms with Gasteiger partial charge < -0.3 is 20.5 Å². The van der Waals surface area contributed by atoms with Crippen molar-refractivity contribution in [2.45, 2.75) is 26.8 Å². The van der Waals surface area contributed by atoms with Crippen LogP contribution in [0.1, 0.15) is 36.6 Å². The largest absolute Gasteiger partial charge is 0.507 e. The second kappa shape index (κ2) is 9.23. The first-order valence-corrected chi connectivity index (χ1v) is 10.9. The average molecular weight is 450 g/mol. The summed E-state index contributed by atoms with van der Waals surface area (Å²) in [5.74, 6) is 1.64. The summed E-state index contributed by atoms with van der Waals surface area (Å²) in [5.41, 5.74) is 5.40. The molecule has 1 heterocycles. The number of phenols is 1. The van der Waals surface area contributed by atoms with Gasteiger partial charge in [0, 0.05) is 18.3 Å². The highest BCUT2D eigenvalue weighted by Crippen LogP contribution is 2.43. The number of halogens is 1. The number of aromatic hydroxyl groups is 1. The number of phenolic OH excluding ortho intramolecular Hbond substituents is 1. The molecule has 10 heteroatoms. The van der Waals surface area contributed by atoms with E-state index in [0.29, 0.717) is 11.5 Å². The lowest BCUT2D eigenvalue weighted by Gasteiger charge is -2.30. The molecule has 1 aliphatic heterocycles. The first-order chi connectivity index (χ1) is 14.6. The fourth-order valence-corrected chi connectivity index (χ4v) is 3.56. The number of aliphatic imine (C=N–C) groups is 1. The van der Waals surface area contributed by atoms with Gasteiger partial charge in [0.15, 0.2) is 11.5 Å². The normalized spacial score (nSPS) is 16.4. The van der Waals surface area contributed by atoms with Gasteiger partial charge in [-0.25, -0.2) is 4.99 Å². The van der Waals surface area contributed by atoms with Gasteiger partial charge in [0.1, 0.15) is 17.1 Å². The van der Waals surface area contributed by atoms with Gasteiger partial charge in [-0.15, -0.1) is 0 Å². The van der Waals surface area contributed by atoms with E-state index in [2.05, 4.69) is 31.4 Å². The molecule has 0 amide bonds. The van der Waals surface area contributed by atoms with Gasteiger partial charge in [0.2, 0.25) is 0 Å². The third kappa shape index (κ3) is 5.34. The van der Waals surface area contributed by atoms with E-state index in [9.17, 15) is 5.11 Å². The fraction of sp³-hybridized carbons (Fsp3) is 0.286. The molecule has 0 radical (unpaired) electrons. The predicted octanol–water partition coefficient (Wildman–Crippen LogP) is 0.0697. The Balaban J connectivity index is 0.000000491. The highest BCUT2D eigenvalue weighted by molar-refractivity contribution is 6.17. The molecule has 31 heavy (non-hydrogen) atoms. The van der Waals surface area contributed by atoms with E-state index in [1.807, 2.05) is 30.3 Å². The van der Waals surface area contributed by atoms with E-state index in [1.165, 1.54) is 0 Å². The summed E-state index contributed by atoms with van der Waals surface area (Å²) in [4.78, 5) is 4.83. The number of anilines is 1.